The summed E-state index contributed by atoms with van der Waals surface area (Å²) in [7, 11) is 0. The lowest BCUT2D eigenvalue weighted by Gasteiger charge is -2.28. The molecule has 1 aliphatic heterocycles. The van der Waals surface area contributed by atoms with Gasteiger partial charge in [-0.15, -0.1) is 0 Å². The molecule has 2 aromatic carbocycles. The normalized spacial score (nSPS) is 15.4. The van der Waals surface area contributed by atoms with E-state index in [1.165, 1.54) is 0 Å². The average molecular weight is 431 g/mol. The summed E-state index contributed by atoms with van der Waals surface area (Å²) in [6, 6.07) is 15.2. The number of anilines is 2. The molecule has 0 unspecified atom stereocenters. The van der Waals surface area contributed by atoms with Gasteiger partial charge in [-0.2, -0.15) is 0 Å². The SMILES string of the molecule is O=C(COC(=O)c1c2c(nc3ccccc13)CCC2)Nc1ccc(N2CCOCC2)cc1. The summed E-state index contributed by atoms with van der Waals surface area (Å²) in [6.07, 6.45) is 2.64. The second-order valence-corrected chi connectivity index (χ2v) is 8.05. The summed E-state index contributed by atoms with van der Waals surface area (Å²) in [4.78, 5) is 32.3. The Bertz CT molecular complexity index is 1150. The van der Waals surface area contributed by atoms with Crippen LogP contribution >= 0.6 is 0 Å². The fourth-order valence-corrected chi connectivity index (χ4v) is 4.42. The molecule has 1 amide bonds. The number of rotatable bonds is 5. The first-order chi connectivity index (χ1) is 15.7. The molecule has 0 saturated carbocycles. The summed E-state index contributed by atoms with van der Waals surface area (Å²) in [5.41, 5.74) is 5.00. The highest BCUT2D eigenvalue weighted by atomic mass is 16.5. The quantitative estimate of drug-likeness (QED) is 0.624. The number of hydrogen-bond donors (Lipinski definition) is 1. The molecule has 1 aliphatic carbocycles. The number of aromatic nitrogens is 1. The minimum Gasteiger partial charge on any atom is -0.452 e. The van der Waals surface area contributed by atoms with Crippen molar-refractivity contribution < 1.29 is 19.1 Å². The van der Waals surface area contributed by atoms with Crippen LogP contribution in [0.1, 0.15) is 28.0 Å². The molecular formula is C25H25N3O4. The van der Waals surface area contributed by atoms with E-state index in [-0.39, 0.29) is 12.5 Å². The van der Waals surface area contributed by atoms with E-state index >= 15 is 0 Å². The van der Waals surface area contributed by atoms with Gasteiger partial charge >= 0.3 is 5.97 Å². The zero-order valence-electron chi connectivity index (χ0n) is 17.8. The number of carbonyl (C=O) groups excluding carboxylic acids is 2. The average Bonchev–Trinajstić information content (AvgIpc) is 3.30. The van der Waals surface area contributed by atoms with Gasteiger partial charge in [-0.3, -0.25) is 9.78 Å². The van der Waals surface area contributed by atoms with E-state index in [1.54, 1.807) is 0 Å². The Morgan fingerprint density at radius 1 is 1.03 bits per heavy atom. The van der Waals surface area contributed by atoms with Gasteiger partial charge in [0.2, 0.25) is 0 Å². The zero-order chi connectivity index (χ0) is 21.9. The van der Waals surface area contributed by atoms with Crippen molar-refractivity contribution in [3.63, 3.8) is 0 Å². The van der Waals surface area contributed by atoms with Gasteiger partial charge in [-0.05, 0) is 55.2 Å². The number of amides is 1. The van der Waals surface area contributed by atoms with E-state index in [4.69, 9.17) is 14.5 Å². The molecule has 2 heterocycles. The fourth-order valence-electron chi connectivity index (χ4n) is 4.42. The highest BCUT2D eigenvalue weighted by Gasteiger charge is 2.25. The molecule has 3 aromatic rings. The Hall–Kier alpha value is -3.45. The fraction of sp³-hybridized carbons (Fsp3) is 0.320. The third kappa shape index (κ3) is 4.16. The molecule has 1 aromatic heterocycles. The lowest BCUT2D eigenvalue weighted by atomic mass is 10.0. The number of aryl methyl sites for hydroxylation is 1. The van der Waals surface area contributed by atoms with Crippen LogP contribution in [0.3, 0.4) is 0 Å². The molecule has 0 spiro atoms. The first-order valence-electron chi connectivity index (χ1n) is 11.0. The molecule has 2 aliphatic rings. The first kappa shape index (κ1) is 20.5. The molecule has 0 radical (unpaired) electrons. The van der Waals surface area contributed by atoms with Gasteiger partial charge in [0.15, 0.2) is 6.61 Å². The monoisotopic (exact) mass is 431 g/mol. The number of fused-ring (bicyclic) bond motifs is 2. The molecule has 0 bridgehead atoms. The van der Waals surface area contributed by atoms with E-state index in [2.05, 4.69) is 10.2 Å². The number of nitrogens with one attached hydrogen (secondary N) is 1. The van der Waals surface area contributed by atoms with Crippen molar-refractivity contribution in [1.29, 1.82) is 0 Å². The third-order valence-electron chi connectivity index (χ3n) is 5.99. The van der Waals surface area contributed by atoms with Crippen molar-refractivity contribution in [2.24, 2.45) is 0 Å². The van der Waals surface area contributed by atoms with Crippen molar-refractivity contribution in [3.8, 4) is 0 Å². The Morgan fingerprint density at radius 3 is 2.62 bits per heavy atom. The van der Waals surface area contributed by atoms with Gasteiger partial charge < -0.3 is 19.7 Å². The van der Waals surface area contributed by atoms with E-state index < -0.39 is 5.97 Å². The van der Waals surface area contributed by atoms with Gasteiger partial charge in [-0.1, -0.05) is 18.2 Å². The van der Waals surface area contributed by atoms with Crippen LogP contribution in [0.2, 0.25) is 0 Å². The lowest BCUT2D eigenvalue weighted by molar-refractivity contribution is -0.119. The number of hydrogen-bond acceptors (Lipinski definition) is 6. The van der Waals surface area contributed by atoms with Crippen molar-refractivity contribution >= 4 is 34.2 Å². The summed E-state index contributed by atoms with van der Waals surface area (Å²) < 4.78 is 10.8. The van der Waals surface area contributed by atoms with Crippen LogP contribution in [0, 0.1) is 0 Å². The standard InChI is InChI=1S/C25H25N3O4/c29-23(26-17-8-10-18(11-9-17)28-12-14-31-15-13-28)16-32-25(30)24-19-4-1-2-6-21(19)27-22-7-3-5-20(22)24/h1-2,4,6,8-11H,3,5,7,12-16H2,(H,26,29). The van der Waals surface area contributed by atoms with Crippen LogP contribution in [0.5, 0.6) is 0 Å². The van der Waals surface area contributed by atoms with Crippen LogP contribution in [0.25, 0.3) is 10.9 Å². The first-order valence-corrected chi connectivity index (χ1v) is 11.0. The number of para-hydroxylation sites is 1. The maximum Gasteiger partial charge on any atom is 0.339 e. The van der Waals surface area contributed by atoms with Crippen LogP contribution in [-0.4, -0.2) is 49.8 Å². The van der Waals surface area contributed by atoms with Gasteiger partial charge in [-0.25, -0.2) is 4.79 Å². The van der Waals surface area contributed by atoms with E-state index in [0.29, 0.717) is 11.3 Å². The second-order valence-electron chi connectivity index (χ2n) is 8.05. The molecule has 7 heteroatoms. The molecular weight excluding hydrogens is 406 g/mol. The summed E-state index contributed by atoms with van der Waals surface area (Å²) in [6.45, 7) is 2.82. The predicted molar refractivity (Wildman–Crippen MR) is 122 cm³/mol. The van der Waals surface area contributed by atoms with E-state index in [1.807, 2.05) is 48.5 Å². The molecule has 1 saturated heterocycles. The van der Waals surface area contributed by atoms with Gasteiger partial charge in [0.05, 0.1) is 24.3 Å². The smallest absolute Gasteiger partial charge is 0.339 e. The van der Waals surface area contributed by atoms with E-state index in [9.17, 15) is 9.59 Å². The summed E-state index contributed by atoms with van der Waals surface area (Å²) >= 11 is 0. The van der Waals surface area contributed by atoms with Crippen LogP contribution in [0.4, 0.5) is 11.4 Å². The second kappa shape index (κ2) is 8.96. The van der Waals surface area contributed by atoms with Crippen LogP contribution in [0.15, 0.2) is 48.5 Å². The van der Waals surface area contributed by atoms with Gasteiger partial charge in [0, 0.05) is 35.5 Å². The Kier molecular flexibility index (Phi) is 5.73. The van der Waals surface area contributed by atoms with Gasteiger partial charge in [0.25, 0.3) is 5.91 Å². The molecule has 5 rings (SSSR count). The van der Waals surface area contributed by atoms with Crippen molar-refractivity contribution in [3.05, 3.63) is 65.4 Å². The van der Waals surface area contributed by atoms with Crippen LogP contribution in [-0.2, 0) is 27.1 Å². The predicted octanol–water partition coefficient (Wildman–Crippen LogP) is 3.36. The number of benzene rings is 2. The Labute approximate surface area is 186 Å². The van der Waals surface area contributed by atoms with Gasteiger partial charge in [0.1, 0.15) is 0 Å². The minimum absolute atomic E-state index is 0.338. The lowest BCUT2D eigenvalue weighted by Crippen LogP contribution is -2.36. The maximum absolute atomic E-state index is 12.9. The molecule has 164 valence electrons. The summed E-state index contributed by atoms with van der Waals surface area (Å²) in [5, 5.41) is 3.57. The Balaban J connectivity index is 1.24. The number of carbonyl (C=O) groups is 2. The topological polar surface area (TPSA) is 80.8 Å². The maximum atomic E-state index is 12.9. The van der Waals surface area contributed by atoms with Crippen molar-refractivity contribution in [2.75, 3.05) is 43.1 Å². The minimum atomic E-state index is -0.473. The summed E-state index contributed by atoms with van der Waals surface area (Å²) in [5.74, 6) is -0.841. The molecule has 32 heavy (non-hydrogen) atoms. The number of pyridine rings is 1. The van der Waals surface area contributed by atoms with E-state index in [0.717, 1.165) is 73.4 Å². The number of esters is 1. The largest absolute Gasteiger partial charge is 0.452 e. The van der Waals surface area contributed by atoms with Crippen molar-refractivity contribution in [1.82, 2.24) is 4.98 Å². The molecule has 1 N–H and O–H groups in total. The number of nitrogens with zero attached hydrogens (tertiary/aromatic N) is 2. The number of morpholine rings is 1. The zero-order valence-corrected chi connectivity index (χ0v) is 17.8. The van der Waals surface area contributed by atoms with Crippen LogP contribution < -0.4 is 10.2 Å². The molecule has 7 nitrogen and oxygen atoms in total. The third-order valence-corrected chi connectivity index (χ3v) is 5.99. The molecule has 1 fully saturated rings. The van der Waals surface area contributed by atoms with Crippen molar-refractivity contribution in [2.45, 2.75) is 19.3 Å². The molecule has 0 atom stereocenters. The number of ether oxygens (including phenoxy) is 2. The highest BCUT2D eigenvalue weighted by molar-refractivity contribution is 6.06. The highest BCUT2D eigenvalue weighted by Crippen LogP contribution is 2.30. The Morgan fingerprint density at radius 2 is 1.81 bits per heavy atom.